The van der Waals surface area contributed by atoms with E-state index in [4.69, 9.17) is 0 Å². The Labute approximate surface area is 123 Å². The van der Waals surface area contributed by atoms with Gasteiger partial charge in [0.15, 0.2) is 0 Å². The van der Waals surface area contributed by atoms with E-state index in [1.165, 1.54) is 36.9 Å². The fourth-order valence-corrected chi connectivity index (χ4v) is 5.83. The van der Waals surface area contributed by atoms with Crippen molar-refractivity contribution in [2.24, 2.45) is 23.2 Å². The van der Waals surface area contributed by atoms with Crippen LogP contribution in [0.15, 0.2) is 24.3 Å². The lowest BCUT2D eigenvalue weighted by Crippen LogP contribution is -2.46. The van der Waals surface area contributed by atoms with E-state index in [-0.39, 0.29) is 0 Å². The number of benzene rings is 1. The summed E-state index contributed by atoms with van der Waals surface area (Å²) in [5, 5.41) is 3.69. The minimum absolute atomic E-state index is 0.713. The van der Waals surface area contributed by atoms with Crippen molar-refractivity contribution in [2.75, 3.05) is 11.9 Å². The van der Waals surface area contributed by atoms with Gasteiger partial charge in [0.2, 0.25) is 0 Å². The van der Waals surface area contributed by atoms with Gasteiger partial charge in [-0.3, -0.25) is 0 Å². The van der Waals surface area contributed by atoms with Crippen molar-refractivity contribution in [3.05, 3.63) is 29.8 Å². The lowest BCUT2D eigenvalue weighted by Gasteiger charge is -2.57. The Hall–Kier alpha value is -0.980. The quantitative estimate of drug-likeness (QED) is 0.810. The van der Waals surface area contributed by atoms with Crippen LogP contribution < -0.4 is 5.32 Å². The standard InChI is InChI=1S/C19H27N/c1-14-4-2-3-5-18(14)20-7-6-19-11-15-8-16(12-19)10-17(9-15)13-19/h2-5,15-17,20H,6-13H2,1H3. The van der Waals surface area contributed by atoms with Crippen molar-refractivity contribution >= 4 is 5.69 Å². The number of para-hydroxylation sites is 1. The summed E-state index contributed by atoms with van der Waals surface area (Å²) in [7, 11) is 0. The normalized spacial score (nSPS) is 38.1. The molecule has 0 unspecified atom stereocenters. The molecule has 0 saturated heterocycles. The molecule has 108 valence electrons. The van der Waals surface area contributed by atoms with E-state index in [9.17, 15) is 0 Å². The van der Waals surface area contributed by atoms with Gasteiger partial charge in [0.25, 0.3) is 0 Å². The van der Waals surface area contributed by atoms with Gasteiger partial charge < -0.3 is 5.32 Å². The second kappa shape index (κ2) is 4.79. The summed E-state index contributed by atoms with van der Waals surface area (Å²) in [6.07, 6.45) is 10.7. The molecule has 1 aromatic carbocycles. The molecule has 0 amide bonds. The zero-order valence-corrected chi connectivity index (χ0v) is 12.7. The first-order valence-corrected chi connectivity index (χ1v) is 8.52. The van der Waals surface area contributed by atoms with Crippen LogP contribution in [0.3, 0.4) is 0 Å². The van der Waals surface area contributed by atoms with E-state index >= 15 is 0 Å². The van der Waals surface area contributed by atoms with Gasteiger partial charge in [-0.15, -0.1) is 0 Å². The van der Waals surface area contributed by atoms with Gasteiger partial charge in [0, 0.05) is 12.2 Å². The zero-order valence-electron chi connectivity index (χ0n) is 12.7. The minimum atomic E-state index is 0.713. The molecule has 0 radical (unpaired) electrons. The summed E-state index contributed by atoms with van der Waals surface area (Å²) in [6, 6.07) is 8.68. The molecule has 4 bridgehead atoms. The van der Waals surface area contributed by atoms with Crippen LogP contribution in [0.4, 0.5) is 5.69 Å². The minimum Gasteiger partial charge on any atom is -0.385 e. The lowest BCUT2D eigenvalue weighted by molar-refractivity contribution is -0.0552. The largest absolute Gasteiger partial charge is 0.385 e. The summed E-state index contributed by atoms with van der Waals surface area (Å²) >= 11 is 0. The molecule has 20 heavy (non-hydrogen) atoms. The SMILES string of the molecule is Cc1ccccc1NCCC12CC3CC(CC(C3)C1)C2. The molecule has 0 heterocycles. The monoisotopic (exact) mass is 269 g/mol. The van der Waals surface area contributed by atoms with Crippen molar-refractivity contribution in [1.82, 2.24) is 0 Å². The van der Waals surface area contributed by atoms with Crippen molar-refractivity contribution in [3.8, 4) is 0 Å². The van der Waals surface area contributed by atoms with Crippen LogP contribution in [0, 0.1) is 30.1 Å². The predicted octanol–water partition coefficient (Wildman–Crippen LogP) is 5.01. The summed E-state index contributed by atoms with van der Waals surface area (Å²) in [4.78, 5) is 0. The summed E-state index contributed by atoms with van der Waals surface area (Å²) in [5.74, 6) is 3.25. The molecule has 4 aliphatic carbocycles. The molecule has 4 fully saturated rings. The van der Waals surface area contributed by atoms with E-state index in [2.05, 4.69) is 36.5 Å². The van der Waals surface area contributed by atoms with Gasteiger partial charge in [-0.2, -0.15) is 0 Å². The highest BCUT2D eigenvalue weighted by Gasteiger charge is 2.50. The molecule has 1 nitrogen and oxygen atoms in total. The number of hydrogen-bond donors (Lipinski definition) is 1. The second-order valence-electron chi connectivity index (χ2n) is 7.91. The van der Waals surface area contributed by atoms with Gasteiger partial charge in [-0.05, 0) is 86.7 Å². The molecular formula is C19H27N. The average molecular weight is 269 g/mol. The Morgan fingerprint density at radius 2 is 1.60 bits per heavy atom. The van der Waals surface area contributed by atoms with Gasteiger partial charge in [-0.1, -0.05) is 18.2 Å². The van der Waals surface area contributed by atoms with E-state index in [0.29, 0.717) is 5.41 Å². The van der Waals surface area contributed by atoms with Gasteiger partial charge >= 0.3 is 0 Å². The molecule has 0 aliphatic heterocycles. The Morgan fingerprint density at radius 1 is 1.00 bits per heavy atom. The first-order valence-electron chi connectivity index (χ1n) is 8.52. The third-order valence-electron chi connectivity index (χ3n) is 6.28. The highest BCUT2D eigenvalue weighted by molar-refractivity contribution is 5.50. The summed E-state index contributed by atoms with van der Waals surface area (Å²) in [6.45, 7) is 3.37. The molecule has 4 saturated carbocycles. The smallest absolute Gasteiger partial charge is 0.0369 e. The van der Waals surface area contributed by atoms with E-state index in [0.717, 1.165) is 24.3 Å². The molecule has 1 aromatic rings. The van der Waals surface area contributed by atoms with Crippen LogP contribution in [0.2, 0.25) is 0 Å². The van der Waals surface area contributed by atoms with Crippen LogP contribution in [0.5, 0.6) is 0 Å². The Kier molecular flexibility index (Phi) is 3.05. The van der Waals surface area contributed by atoms with Crippen molar-refractivity contribution in [3.63, 3.8) is 0 Å². The van der Waals surface area contributed by atoms with Crippen LogP contribution >= 0.6 is 0 Å². The maximum Gasteiger partial charge on any atom is 0.0369 e. The molecule has 0 atom stereocenters. The predicted molar refractivity (Wildman–Crippen MR) is 84.9 cm³/mol. The maximum absolute atomic E-state index is 3.69. The third kappa shape index (κ3) is 2.25. The number of hydrogen-bond acceptors (Lipinski definition) is 1. The fourth-order valence-electron chi connectivity index (χ4n) is 5.83. The first kappa shape index (κ1) is 12.7. The molecule has 1 N–H and O–H groups in total. The molecular weight excluding hydrogens is 242 g/mol. The van der Waals surface area contributed by atoms with E-state index < -0.39 is 0 Å². The fraction of sp³-hybridized carbons (Fsp3) is 0.684. The zero-order chi connectivity index (χ0) is 13.6. The van der Waals surface area contributed by atoms with E-state index in [1.807, 2.05) is 0 Å². The maximum atomic E-state index is 3.69. The Balaban J connectivity index is 1.39. The van der Waals surface area contributed by atoms with Crippen LogP contribution in [-0.2, 0) is 0 Å². The van der Waals surface area contributed by atoms with Crippen molar-refractivity contribution < 1.29 is 0 Å². The van der Waals surface area contributed by atoms with Crippen LogP contribution in [0.1, 0.15) is 50.5 Å². The van der Waals surface area contributed by atoms with Crippen LogP contribution in [0.25, 0.3) is 0 Å². The van der Waals surface area contributed by atoms with Gasteiger partial charge in [0.05, 0.1) is 0 Å². The summed E-state index contributed by atoms with van der Waals surface area (Å²) < 4.78 is 0. The third-order valence-corrected chi connectivity index (χ3v) is 6.28. The average Bonchev–Trinajstić information content (AvgIpc) is 2.39. The highest BCUT2D eigenvalue weighted by atomic mass is 14.9. The topological polar surface area (TPSA) is 12.0 Å². The van der Waals surface area contributed by atoms with Gasteiger partial charge in [0.1, 0.15) is 0 Å². The van der Waals surface area contributed by atoms with Crippen molar-refractivity contribution in [2.45, 2.75) is 51.9 Å². The second-order valence-corrected chi connectivity index (χ2v) is 7.91. The molecule has 4 aliphatic rings. The number of nitrogens with one attached hydrogen (secondary N) is 1. The summed E-state index contributed by atoms with van der Waals surface area (Å²) in [5.41, 5.74) is 3.42. The van der Waals surface area contributed by atoms with E-state index in [1.54, 1.807) is 19.3 Å². The first-order chi connectivity index (χ1) is 9.72. The number of rotatable bonds is 4. The molecule has 0 aromatic heterocycles. The number of aryl methyl sites for hydroxylation is 1. The number of anilines is 1. The molecule has 0 spiro atoms. The molecule has 5 rings (SSSR count). The Bertz CT molecular complexity index is 455. The van der Waals surface area contributed by atoms with Gasteiger partial charge in [-0.25, -0.2) is 0 Å². The van der Waals surface area contributed by atoms with Crippen LogP contribution in [-0.4, -0.2) is 6.54 Å². The molecule has 1 heteroatoms. The Morgan fingerprint density at radius 3 is 2.20 bits per heavy atom. The lowest BCUT2D eigenvalue weighted by atomic mass is 9.49. The highest BCUT2D eigenvalue weighted by Crippen LogP contribution is 2.61. The van der Waals surface area contributed by atoms with Crippen molar-refractivity contribution in [1.29, 1.82) is 0 Å².